The lowest BCUT2D eigenvalue weighted by Gasteiger charge is -2.34. The second kappa shape index (κ2) is 7.90. The third kappa shape index (κ3) is 4.78. The normalized spacial score (nSPS) is 19.2. The Balaban J connectivity index is 2.04. The number of hydrogen-bond acceptors (Lipinski definition) is 4. The first-order valence-corrected chi connectivity index (χ1v) is 7.83. The van der Waals surface area contributed by atoms with E-state index in [-0.39, 0.29) is 12.7 Å². The molecule has 1 aliphatic carbocycles. The molecule has 0 radical (unpaired) electrons. The first-order valence-electron chi connectivity index (χ1n) is 7.83. The summed E-state index contributed by atoms with van der Waals surface area (Å²) in [5.41, 5.74) is 0.547. The predicted octanol–water partition coefficient (Wildman–Crippen LogP) is 2.07. The molecule has 1 aliphatic rings. The van der Waals surface area contributed by atoms with Crippen molar-refractivity contribution in [1.82, 2.24) is 5.32 Å². The summed E-state index contributed by atoms with van der Waals surface area (Å²) in [6, 6.07) is 10.6. The molecule has 2 unspecified atom stereocenters. The number of aliphatic hydroxyl groups is 1. The molecule has 4 nitrogen and oxygen atoms in total. The van der Waals surface area contributed by atoms with Crippen LogP contribution in [0, 0.1) is 0 Å². The van der Waals surface area contributed by atoms with E-state index in [1.165, 1.54) is 12.8 Å². The van der Waals surface area contributed by atoms with Gasteiger partial charge in [0.15, 0.2) is 0 Å². The van der Waals surface area contributed by atoms with Gasteiger partial charge in [0.05, 0.1) is 31.5 Å². The zero-order valence-corrected chi connectivity index (χ0v) is 13.0. The average molecular weight is 293 g/mol. The highest BCUT2D eigenvalue weighted by molar-refractivity contribution is 5.25. The van der Waals surface area contributed by atoms with E-state index >= 15 is 0 Å². The number of ether oxygens (including phenoxy) is 2. The van der Waals surface area contributed by atoms with Gasteiger partial charge in [-0.15, -0.1) is 0 Å². The van der Waals surface area contributed by atoms with Crippen LogP contribution in [-0.4, -0.2) is 43.7 Å². The maximum atomic E-state index is 10.0. The van der Waals surface area contributed by atoms with Gasteiger partial charge in [0.2, 0.25) is 0 Å². The number of rotatable bonds is 10. The Morgan fingerprint density at radius 3 is 2.62 bits per heavy atom. The van der Waals surface area contributed by atoms with Crippen molar-refractivity contribution in [2.24, 2.45) is 0 Å². The fraction of sp³-hybridized carbons (Fsp3) is 0.647. The Labute approximate surface area is 127 Å². The van der Waals surface area contributed by atoms with Gasteiger partial charge in [-0.25, -0.2) is 0 Å². The molecule has 0 bridgehead atoms. The summed E-state index contributed by atoms with van der Waals surface area (Å²) < 4.78 is 11.3. The van der Waals surface area contributed by atoms with E-state index in [0.29, 0.717) is 25.9 Å². The summed E-state index contributed by atoms with van der Waals surface area (Å²) >= 11 is 0. The minimum atomic E-state index is -0.525. The van der Waals surface area contributed by atoms with E-state index in [1.54, 1.807) is 0 Å². The highest BCUT2D eigenvalue weighted by Crippen LogP contribution is 2.29. The first kappa shape index (κ1) is 16.4. The summed E-state index contributed by atoms with van der Waals surface area (Å²) in [5, 5.41) is 13.6. The fourth-order valence-electron chi connectivity index (χ4n) is 2.38. The van der Waals surface area contributed by atoms with E-state index in [9.17, 15) is 5.11 Å². The average Bonchev–Trinajstić information content (AvgIpc) is 3.34. The van der Waals surface area contributed by atoms with Crippen LogP contribution in [0.4, 0.5) is 0 Å². The van der Waals surface area contributed by atoms with Gasteiger partial charge < -0.3 is 19.9 Å². The van der Waals surface area contributed by atoms with Crippen LogP contribution in [0.1, 0.15) is 32.3 Å². The maximum Gasteiger partial charge on any atom is 0.0908 e. The molecular formula is C17H27NO3. The van der Waals surface area contributed by atoms with Gasteiger partial charge in [-0.3, -0.25) is 0 Å². The lowest BCUT2D eigenvalue weighted by Crippen LogP contribution is -2.51. The van der Waals surface area contributed by atoms with Crippen LogP contribution in [-0.2, 0) is 15.0 Å². The number of hydrogen-bond donors (Lipinski definition) is 2. The Morgan fingerprint density at radius 2 is 2.05 bits per heavy atom. The molecule has 2 N–H and O–H groups in total. The molecule has 0 heterocycles. The molecule has 1 aromatic carbocycles. The van der Waals surface area contributed by atoms with Crippen molar-refractivity contribution in [3.05, 3.63) is 35.9 Å². The van der Waals surface area contributed by atoms with E-state index in [0.717, 1.165) is 5.56 Å². The second-order valence-corrected chi connectivity index (χ2v) is 5.81. The molecule has 1 saturated carbocycles. The molecule has 1 fully saturated rings. The molecule has 4 heteroatoms. The summed E-state index contributed by atoms with van der Waals surface area (Å²) in [4.78, 5) is 0. The second-order valence-electron chi connectivity index (χ2n) is 5.81. The van der Waals surface area contributed by atoms with Crippen molar-refractivity contribution in [2.75, 3.05) is 26.4 Å². The fourth-order valence-corrected chi connectivity index (χ4v) is 2.38. The Hall–Kier alpha value is -0.940. The molecule has 0 aliphatic heterocycles. The van der Waals surface area contributed by atoms with Gasteiger partial charge >= 0.3 is 0 Å². The standard InChI is InChI=1S/C17H27NO3/c1-3-20-11-14(2)21-13-17(12-19,18-16-9-10-16)15-7-5-4-6-8-15/h4-8,14,16,18-19H,3,9-13H2,1-2H3. The summed E-state index contributed by atoms with van der Waals surface area (Å²) in [7, 11) is 0. The molecule has 21 heavy (non-hydrogen) atoms. The zero-order valence-electron chi connectivity index (χ0n) is 13.0. The van der Waals surface area contributed by atoms with Crippen molar-refractivity contribution in [2.45, 2.75) is 44.4 Å². The van der Waals surface area contributed by atoms with Crippen LogP contribution in [0.3, 0.4) is 0 Å². The minimum absolute atomic E-state index is 0.0144. The molecule has 0 aromatic heterocycles. The number of nitrogens with one attached hydrogen (secondary N) is 1. The van der Waals surface area contributed by atoms with Crippen molar-refractivity contribution < 1.29 is 14.6 Å². The van der Waals surface area contributed by atoms with Crippen LogP contribution in [0.2, 0.25) is 0 Å². The van der Waals surface area contributed by atoms with E-state index in [1.807, 2.05) is 44.2 Å². The van der Waals surface area contributed by atoms with Crippen molar-refractivity contribution in [3.63, 3.8) is 0 Å². The molecule has 0 amide bonds. The van der Waals surface area contributed by atoms with Gasteiger partial charge in [0.25, 0.3) is 0 Å². The first-order chi connectivity index (χ1) is 10.2. The Bertz CT molecular complexity index is 408. The summed E-state index contributed by atoms with van der Waals surface area (Å²) in [6.07, 6.45) is 2.35. The van der Waals surface area contributed by atoms with Crippen LogP contribution in [0.15, 0.2) is 30.3 Å². The Morgan fingerprint density at radius 1 is 1.33 bits per heavy atom. The number of benzene rings is 1. The topological polar surface area (TPSA) is 50.7 Å². The van der Waals surface area contributed by atoms with Gasteiger partial charge in [-0.2, -0.15) is 0 Å². The van der Waals surface area contributed by atoms with Gasteiger partial charge in [-0.05, 0) is 32.3 Å². The Kier molecular flexibility index (Phi) is 6.18. The molecule has 0 saturated heterocycles. The summed E-state index contributed by atoms with van der Waals surface area (Å²) in [6.45, 7) is 5.71. The SMILES string of the molecule is CCOCC(C)OCC(CO)(NC1CC1)c1ccccc1. The smallest absolute Gasteiger partial charge is 0.0908 e. The minimum Gasteiger partial charge on any atom is -0.394 e. The van der Waals surface area contributed by atoms with E-state index in [4.69, 9.17) is 9.47 Å². The highest BCUT2D eigenvalue weighted by atomic mass is 16.5. The molecule has 118 valence electrons. The third-order valence-corrected chi connectivity index (χ3v) is 3.82. The maximum absolute atomic E-state index is 10.0. The quantitative estimate of drug-likeness (QED) is 0.693. The van der Waals surface area contributed by atoms with E-state index < -0.39 is 5.54 Å². The largest absolute Gasteiger partial charge is 0.394 e. The van der Waals surface area contributed by atoms with Crippen LogP contribution in [0.5, 0.6) is 0 Å². The van der Waals surface area contributed by atoms with Gasteiger partial charge in [0, 0.05) is 12.6 Å². The van der Waals surface area contributed by atoms with Crippen molar-refractivity contribution >= 4 is 0 Å². The third-order valence-electron chi connectivity index (χ3n) is 3.82. The number of aliphatic hydroxyl groups excluding tert-OH is 1. The highest BCUT2D eigenvalue weighted by Gasteiger charge is 2.38. The van der Waals surface area contributed by atoms with Crippen LogP contribution < -0.4 is 5.32 Å². The van der Waals surface area contributed by atoms with Gasteiger partial charge in [0.1, 0.15) is 0 Å². The predicted molar refractivity (Wildman–Crippen MR) is 83.3 cm³/mol. The van der Waals surface area contributed by atoms with Gasteiger partial charge in [-0.1, -0.05) is 30.3 Å². The molecule has 0 spiro atoms. The lowest BCUT2D eigenvalue weighted by molar-refractivity contribution is -0.0414. The van der Waals surface area contributed by atoms with Crippen LogP contribution in [0.25, 0.3) is 0 Å². The molecule has 2 rings (SSSR count). The van der Waals surface area contributed by atoms with E-state index in [2.05, 4.69) is 5.32 Å². The lowest BCUT2D eigenvalue weighted by atomic mass is 9.91. The zero-order chi connectivity index (χ0) is 15.1. The van der Waals surface area contributed by atoms with Crippen molar-refractivity contribution in [1.29, 1.82) is 0 Å². The van der Waals surface area contributed by atoms with Crippen LogP contribution >= 0.6 is 0 Å². The molecular weight excluding hydrogens is 266 g/mol. The van der Waals surface area contributed by atoms with Crippen molar-refractivity contribution in [3.8, 4) is 0 Å². The molecule has 2 atom stereocenters. The molecule has 1 aromatic rings. The summed E-state index contributed by atoms with van der Waals surface area (Å²) in [5.74, 6) is 0. The monoisotopic (exact) mass is 293 g/mol.